The lowest BCUT2D eigenvalue weighted by Crippen LogP contribution is -2.41. The van der Waals surface area contributed by atoms with Crippen LogP contribution in [-0.4, -0.2) is 47.9 Å². The van der Waals surface area contributed by atoms with Gasteiger partial charge >= 0.3 is 0 Å². The van der Waals surface area contributed by atoms with Crippen molar-refractivity contribution in [3.8, 4) is 0 Å². The molecule has 0 bridgehead atoms. The number of piperidine rings is 1. The van der Waals surface area contributed by atoms with Crippen molar-refractivity contribution in [2.24, 2.45) is 0 Å². The Hall–Kier alpha value is -1.13. The zero-order valence-electron chi connectivity index (χ0n) is 12.9. The van der Waals surface area contributed by atoms with Gasteiger partial charge in [-0.05, 0) is 50.9 Å². The van der Waals surface area contributed by atoms with Crippen molar-refractivity contribution in [1.29, 1.82) is 0 Å². The summed E-state index contributed by atoms with van der Waals surface area (Å²) >= 11 is 6.16. The van der Waals surface area contributed by atoms with Crippen molar-refractivity contribution < 1.29 is 9.18 Å². The van der Waals surface area contributed by atoms with E-state index in [2.05, 4.69) is 4.90 Å². The predicted molar refractivity (Wildman–Crippen MR) is 85.9 cm³/mol. The molecule has 0 spiro atoms. The summed E-state index contributed by atoms with van der Waals surface area (Å²) < 4.78 is 14.0. The molecule has 0 radical (unpaired) electrons. The van der Waals surface area contributed by atoms with Gasteiger partial charge in [0.25, 0.3) is 5.91 Å². The van der Waals surface area contributed by atoms with Crippen LogP contribution in [0.4, 0.5) is 4.39 Å². The average molecular weight is 325 g/mol. The third-order valence-electron chi connectivity index (χ3n) is 4.86. The molecule has 5 heteroatoms. The maximum absolute atomic E-state index is 14.0. The van der Waals surface area contributed by atoms with Crippen molar-refractivity contribution in [1.82, 2.24) is 9.80 Å². The summed E-state index contributed by atoms with van der Waals surface area (Å²) in [5.41, 5.74) is 0.763. The van der Waals surface area contributed by atoms with E-state index in [1.54, 1.807) is 17.9 Å². The van der Waals surface area contributed by atoms with Gasteiger partial charge in [0, 0.05) is 19.1 Å². The Kier molecular flexibility index (Phi) is 4.69. The first kappa shape index (κ1) is 15.8. The zero-order valence-corrected chi connectivity index (χ0v) is 13.7. The highest BCUT2D eigenvalue weighted by atomic mass is 35.5. The molecule has 0 unspecified atom stereocenters. The van der Waals surface area contributed by atoms with Gasteiger partial charge in [-0.25, -0.2) is 4.39 Å². The molecule has 0 aliphatic carbocycles. The smallest absolute Gasteiger partial charge is 0.258 e. The molecule has 22 heavy (non-hydrogen) atoms. The van der Waals surface area contributed by atoms with Gasteiger partial charge in [0.15, 0.2) is 0 Å². The van der Waals surface area contributed by atoms with Crippen LogP contribution in [0.15, 0.2) is 12.1 Å². The minimum Gasteiger partial charge on any atom is -0.337 e. The second-order valence-electron chi connectivity index (χ2n) is 6.34. The molecule has 3 nitrogen and oxygen atoms in total. The van der Waals surface area contributed by atoms with E-state index in [-0.39, 0.29) is 16.5 Å². The number of hydrogen-bond donors (Lipinski definition) is 0. The summed E-state index contributed by atoms with van der Waals surface area (Å²) in [6.45, 7) is 5.39. The number of likely N-dealkylation sites (tertiary alicyclic amines) is 2. The highest BCUT2D eigenvalue weighted by molar-refractivity contribution is 6.34. The van der Waals surface area contributed by atoms with E-state index < -0.39 is 5.82 Å². The van der Waals surface area contributed by atoms with Crippen LogP contribution >= 0.6 is 11.6 Å². The fourth-order valence-electron chi connectivity index (χ4n) is 3.52. The number of aryl methyl sites for hydroxylation is 1. The van der Waals surface area contributed by atoms with Gasteiger partial charge in [0.2, 0.25) is 0 Å². The van der Waals surface area contributed by atoms with Crippen LogP contribution in [0.3, 0.4) is 0 Å². The highest BCUT2D eigenvalue weighted by Gasteiger charge is 2.33. The number of amides is 1. The normalized spacial score (nSPS) is 23.0. The quantitative estimate of drug-likeness (QED) is 0.831. The Morgan fingerprint density at radius 1 is 1.23 bits per heavy atom. The van der Waals surface area contributed by atoms with Crippen LogP contribution in [0, 0.1) is 12.7 Å². The number of hydrogen-bond acceptors (Lipinski definition) is 2. The SMILES string of the molecule is Cc1ccc(F)c(C(=O)N2CC[C@@H](N3CCCCC3)C2)c1Cl. The van der Waals surface area contributed by atoms with Crippen LogP contribution in [0.1, 0.15) is 41.6 Å². The van der Waals surface area contributed by atoms with Gasteiger partial charge in [-0.3, -0.25) is 9.69 Å². The molecule has 2 fully saturated rings. The summed E-state index contributed by atoms with van der Waals surface area (Å²) in [5.74, 6) is -0.798. The lowest BCUT2D eigenvalue weighted by Gasteiger charge is -2.32. The minimum atomic E-state index is -0.526. The summed E-state index contributed by atoms with van der Waals surface area (Å²) in [6, 6.07) is 3.35. The van der Waals surface area contributed by atoms with Gasteiger partial charge in [-0.2, -0.15) is 0 Å². The monoisotopic (exact) mass is 324 g/mol. The Balaban J connectivity index is 1.73. The molecule has 2 saturated heterocycles. The predicted octanol–water partition coefficient (Wildman–Crippen LogP) is 3.49. The number of rotatable bonds is 2. The Morgan fingerprint density at radius 3 is 2.68 bits per heavy atom. The molecule has 120 valence electrons. The third kappa shape index (κ3) is 2.99. The van der Waals surface area contributed by atoms with E-state index in [9.17, 15) is 9.18 Å². The lowest BCUT2D eigenvalue weighted by atomic mass is 10.1. The molecule has 2 heterocycles. The van der Waals surface area contributed by atoms with Gasteiger partial charge < -0.3 is 4.90 Å². The second kappa shape index (κ2) is 6.55. The van der Waals surface area contributed by atoms with Crippen LogP contribution in [0.5, 0.6) is 0 Å². The molecule has 1 atom stereocenters. The van der Waals surface area contributed by atoms with E-state index in [1.807, 2.05) is 0 Å². The number of halogens is 2. The molecule has 0 N–H and O–H groups in total. The first-order valence-electron chi connectivity index (χ1n) is 8.06. The third-order valence-corrected chi connectivity index (χ3v) is 5.34. The molecule has 2 aliphatic heterocycles. The molecule has 1 aromatic rings. The van der Waals surface area contributed by atoms with Crippen molar-refractivity contribution in [2.45, 2.75) is 38.6 Å². The van der Waals surface area contributed by atoms with Crippen molar-refractivity contribution in [3.05, 3.63) is 34.1 Å². The van der Waals surface area contributed by atoms with E-state index in [0.717, 1.165) is 25.1 Å². The van der Waals surface area contributed by atoms with Gasteiger partial charge in [-0.15, -0.1) is 0 Å². The van der Waals surface area contributed by atoms with Crippen LogP contribution in [0.25, 0.3) is 0 Å². The topological polar surface area (TPSA) is 23.6 Å². The average Bonchev–Trinajstić information content (AvgIpc) is 3.02. The number of benzene rings is 1. The standard InChI is InChI=1S/C17H22ClFN2O/c1-12-5-6-14(19)15(16(12)18)17(22)21-10-7-13(11-21)20-8-3-2-4-9-20/h5-6,13H,2-4,7-11H2,1H3/t13-/m1/s1. The fourth-order valence-corrected chi connectivity index (χ4v) is 3.75. The van der Waals surface area contributed by atoms with Crippen LogP contribution in [0.2, 0.25) is 5.02 Å². The lowest BCUT2D eigenvalue weighted by molar-refractivity contribution is 0.0767. The first-order chi connectivity index (χ1) is 10.6. The summed E-state index contributed by atoms with van der Waals surface area (Å²) in [4.78, 5) is 16.9. The van der Waals surface area contributed by atoms with Gasteiger partial charge in [0.1, 0.15) is 5.82 Å². The number of carbonyl (C=O) groups excluding carboxylic acids is 1. The first-order valence-corrected chi connectivity index (χ1v) is 8.43. The number of carbonyl (C=O) groups is 1. The molecule has 0 saturated carbocycles. The highest BCUT2D eigenvalue weighted by Crippen LogP contribution is 2.27. The van der Waals surface area contributed by atoms with E-state index in [1.165, 1.54) is 25.3 Å². The maximum Gasteiger partial charge on any atom is 0.258 e. The minimum absolute atomic E-state index is 0.0287. The van der Waals surface area contributed by atoms with Crippen LogP contribution in [-0.2, 0) is 0 Å². The molecule has 1 aromatic carbocycles. The van der Waals surface area contributed by atoms with Crippen molar-refractivity contribution in [3.63, 3.8) is 0 Å². The van der Waals surface area contributed by atoms with Crippen LogP contribution < -0.4 is 0 Å². The maximum atomic E-state index is 14.0. The Morgan fingerprint density at radius 2 is 1.95 bits per heavy atom. The van der Waals surface area contributed by atoms with E-state index >= 15 is 0 Å². The Bertz CT molecular complexity index is 572. The van der Waals surface area contributed by atoms with Crippen molar-refractivity contribution in [2.75, 3.05) is 26.2 Å². The van der Waals surface area contributed by atoms with Crippen molar-refractivity contribution >= 4 is 17.5 Å². The summed E-state index contributed by atoms with van der Waals surface area (Å²) in [5, 5.41) is 0.242. The summed E-state index contributed by atoms with van der Waals surface area (Å²) in [6.07, 6.45) is 4.75. The van der Waals surface area contributed by atoms with Gasteiger partial charge in [0.05, 0.1) is 10.6 Å². The zero-order chi connectivity index (χ0) is 15.7. The van der Waals surface area contributed by atoms with Gasteiger partial charge in [-0.1, -0.05) is 24.1 Å². The fraction of sp³-hybridized carbons (Fsp3) is 0.588. The molecular weight excluding hydrogens is 303 g/mol. The molecule has 1 amide bonds. The largest absolute Gasteiger partial charge is 0.337 e. The second-order valence-corrected chi connectivity index (χ2v) is 6.72. The molecule has 0 aromatic heterocycles. The Labute approximate surface area is 136 Å². The van der Waals surface area contributed by atoms with E-state index in [4.69, 9.17) is 11.6 Å². The molecular formula is C17H22ClFN2O. The number of nitrogens with zero attached hydrogens (tertiary/aromatic N) is 2. The molecule has 2 aliphatic rings. The summed E-state index contributed by atoms with van der Waals surface area (Å²) in [7, 11) is 0. The van der Waals surface area contributed by atoms with E-state index in [0.29, 0.717) is 19.1 Å². The molecule has 3 rings (SSSR count).